The molecular formula is C14H14BrN3. The van der Waals surface area contributed by atoms with Gasteiger partial charge in [-0.25, -0.2) is 0 Å². The van der Waals surface area contributed by atoms with E-state index in [1.165, 1.54) is 18.2 Å². The fourth-order valence-electron chi connectivity index (χ4n) is 2.23. The second-order valence-corrected chi connectivity index (χ2v) is 5.32. The molecule has 0 aromatic heterocycles. The minimum atomic E-state index is 0.931. The third-order valence-corrected chi connectivity index (χ3v) is 3.90. The fraction of sp³-hybridized carbons (Fsp3) is 0.286. The average Bonchev–Trinajstić information content (AvgIpc) is 2.92. The zero-order chi connectivity index (χ0) is 12.4. The molecule has 2 aromatic carbocycles. The smallest absolute Gasteiger partial charge is 0.0953 e. The molecule has 0 atom stereocenters. The quantitative estimate of drug-likeness (QED) is 0.739. The number of hydrogen-bond donors (Lipinski definition) is 0. The van der Waals surface area contributed by atoms with Crippen molar-refractivity contribution in [3.8, 4) is 0 Å². The van der Waals surface area contributed by atoms with Gasteiger partial charge in [-0.15, -0.1) is 5.11 Å². The van der Waals surface area contributed by atoms with E-state index in [9.17, 15) is 0 Å². The standard InChI is InChI=1S/C14H14BrN3/c15-13-7-8-14(12-6-2-1-5-11(12)13)16-17-18-9-3-4-10-18/h1-2,5-8H,3-4,9-10H2. The van der Waals surface area contributed by atoms with Gasteiger partial charge in [-0.1, -0.05) is 45.4 Å². The van der Waals surface area contributed by atoms with Crippen molar-refractivity contribution in [2.45, 2.75) is 12.8 Å². The molecule has 18 heavy (non-hydrogen) atoms. The van der Waals surface area contributed by atoms with E-state index in [1.54, 1.807) is 0 Å². The Balaban J connectivity index is 1.99. The first-order chi connectivity index (χ1) is 8.84. The topological polar surface area (TPSA) is 28.0 Å². The molecule has 0 amide bonds. The maximum Gasteiger partial charge on any atom is 0.0953 e. The third kappa shape index (κ3) is 2.25. The van der Waals surface area contributed by atoms with Crippen molar-refractivity contribution in [3.05, 3.63) is 40.9 Å². The van der Waals surface area contributed by atoms with Crippen LogP contribution >= 0.6 is 15.9 Å². The lowest BCUT2D eigenvalue weighted by Crippen LogP contribution is -2.09. The summed E-state index contributed by atoms with van der Waals surface area (Å²) in [6, 6.07) is 12.3. The summed E-state index contributed by atoms with van der Waals surface area (Å²) in [6.07, 6.45) is 2.44. The first-order valence-electron chi connectivity index (χ1n) is 6.18. The number of hydrogen-bond acceptors (Lipinski definition) is 2. The van der Waals surface area contributed by atoms with Gasteiger partial charge >= 0.3 is 0 Å². The van der Waals surface area contributed by atoms with E-state index in [2.05, 4.69) is 38.4 Å². The molecule has 3 nitrogen and oxygen atoms in total. The van der Waals surface area contributed by atoms with E-state index in [4.69, 9.17) is 0 Å². The second kappa shape index (κ2) is 5.06. The van der Waals surface area contributed by atoms with Crippen molar-refractivity contribution < 1.29 is 0 Å². The molecule has 0 N–H and O–H groups in total. The summed E-state index contributed by atoms with van der Waals surface area (Å²) in [7, 11) is 0. The second-order valence-electron chi connectivity index (χ2n) is 4.46. The van der Waals surface area contributed by atoms with Crippen molar-refractivity contribution >= 4 is 32.4 Å². The summed E-state index contributed by atoms with van der Waals surface area (Å²) in [4.78, 5) is 0. The predicted molar refractivity (Wildman–Crippen MR) is 77.0 cm³/mol. The normalized spacial score (nSPS) is 15.9. The average molecular weight is 304 g/mol. The van der Waals surface area contributed by atoms with Crippen LogP contribution in [-0.4, -0.2) is 18.1 Å². The van der Waals surface area contributed by atoms with E-state index >= 15 is 0 Å². The minimum Gasteiger partial charge on any atom is -0.278 e. The van der Waals surface area contributed by atoms with Crippen LogP contribution in [0.3, 0.4) is 0 Å². The van der Waals surface area contributed by atoms with E-state index in [0.29, 0.717) is 0 Å². The van der Waals surface area contributed by atoms with Gasteiger partial charge in [0.25, 0.3) is 0 Å². The van der Waals surface area contributed by atoms with Gasteiger partial charge in [0.05, 0.1) is 5.69 Å². The van der Waals surface area contributed by atoms with Gasteiger partial charge in [0.2, 0.25) is 0 Å². The molecule has 0 radical (unpaired) electrons. The van der Waals surface area contributed by atoms with Crippen LogP contribution in [0.4, 0.5) is 5.69 Å². The van der Waals surface area contributed by atoms with Crippen LogP contribution in [0.25, 0.3) is 10.8 Å². The maximum atomic E-state index is 4.39. The van der Waals surface area contributed by atoms with Gasteiger partial charge in [0.1, 0.15) is 0 Å². The first kappa shape index (κ1) is 11.7. The summed E-state index contributed by atoms with van der Waals surface area (Å²) in [5, 5.41) is 13.1. The summed E-state index contributed by atoms with van der Waals surface area (Å²) in [6.45, 7) is 2.05. The van der Waals surface area contributed by atoms with Crippen LogP contribution in [0.15, 0.2) is 51.2 Å². The molecule has 92 valence electrons. The molecule has 1 fully saturated rings. The number of benzene rings is 2. The largest absolute Gasteiger partial charge is 0.278 e. The SMILES string of the molecule is Brc1ccc(N=NN2CCCC2)c2ccccc12. The zero-order valence-corrected chi connectivity index (χ0v) is 11.6. The Kier molecular flexibility index (Phi) is 3.28. The van der Waals surface area contributed by atoms with Crippen LogP contribution in [0, 0.1) is 0 Å². The lowest BCUT2D eigenvalue weighted by molar-refractivity contribution is 0.337. The molecule has 0 saturated carbocycles. The van der Waals surface area contributed by atoms with Gasteiger partial charge in [-0.3, -0.25) is 5.01 Å². The molecule has 3 rings (SSSR count). The Labute approximate surface area is 115 Å². The number of halogens is 1. The van der Waals surface area contributed by atoms with E-state index in [0.717, 1.165) is 28.6 Å². The van der Waals surface area contributed by atoms with E-state index in [1.807, 2.05) is 29.3 Å². The highest BCUT2D eigenvalue weighted by Crippen LogP contribution is 2.32. The van der Waals surface area contributed by atoms with Gasteiger partial charge in [-0.2, -0.15) is 0 Å². The summed E-state index contributed by atoms with van der Waals surface area (Å²) >= 11 is 3.57. The van der Waals surface area contributed by atoms with Gasteiger partial charge < -0.3 is 0 Å². The summed E-state index contributed by atoms with van der Waals surface area (Å²) in [5.74, 6) is 0. The molecule has 0 bridgehead atoms. The minimum absolute atomic E-state index is 0.931. The number of fused-ring (bicyclic) bond motifs is 1. The Morgan fingerprint density at radius 2 is 1.67 bits per heavy atom. The van der Waals surface area contributed by atoms with Crippen molar-refractivity contribution in [2.75, 3.05) is 13.1 Å². The Hall–Kier alpha value is -1.42. The molecule has 1 saturated heterocycles. The highest BCUT2D eigenvalue weighted by Gasteiger charge is 2.09. The maximum absolute atomic E-state index is 4.39. The monoisotopic (exact) mass is 303 g/mol. The molecule has 1 aliphatic heterocycles. The van der Waals surface area contributed by atoms with Crippen LogP contribution < -0.4 is 0 Å². The Bertz CT molecular complexity index is 589. The van der Waals surface area contributed by atoms with E-state index < -0.39 is 0 Å². The molecule has 0 spiro atoms. The Morgan fingerprint density at radius 3 is 2.44 bits per heavy atom. The van der Waals surface area contributed by atoms with Gasteiger partial charge in [0.15, 0.2) is 0 Å². The van der Waals surface area contributed by atoms with Crippen molar-refractivity contribution in [2.24, 2.45) is 10.3 Å². The molecule has 1 heterocycles. The van der Waals surface area contributed by atoms with Gasteiger partial charge in [0, 0.05) is 22.9 Å². The molecule has 0 aliphatic carbocycles. The van der Waals surface area contributed by atoms with Gasteiger partial charge in [-0.05, 0) is 30.4 Å². The Morgan fingerprint density at radius 1 is 0.944 bits per heavy atom. The number of rotatable bonds is 2. The lowest BCUT2D eigenvalue weighted by Gasteiger charge is -2.08. The van der Waals surface area contributed by atoms with Crippen molar-refractivity contribution in [3.63, 3.8) is 0 Å². The first-order valence-corrected chi connectivity index (χ1v) is 6.98. The van der Waals surface area contributed by atoms with Crippen molar-refractivity contribution in [1.29, 1.82) is 0 Å². The fourth-order valence-corrected chi connectivity index (χ4v) is 2.71. The highest BCUT2D eigenvalue weighted by molar-refractivity contribution is 9.10. The third-order valence-electron chi connectivity index (χ3n) is 3.21. The van der Waals surface area contributed by atoms with Crippen LogP contribution in [-0.2, 0) is 0 Å². The summed E-state index contributed by atoms with van der Waals surface area (Å²) in [5.41, 5.74) is 0.931. The lowest BCUT2D eigenvalue weighted by atomic mass is 10.1. The zero-order valence-electron chi connectivity index (χ0n) is 10.0. The summed E-state index contributed by atoms with van der Waals surface area (Å²) < 4.78 is 1.10. The molecular weight excluding hydrogens is 290 g/mol. The molecule has 4 heteroatoms. The van der Waals surface area contributed by atoms with Crippen LogP contribution in [0.2, 0.25) is 0 Å². The van der Waals surface area contributed by atoms with Crippen molar-refractivity contribution in [1.82, 2.24) is 5.01 Å². The predicted octanol–water partition coefficient (Wildman–Crippen LogP) is 4.70. The molecule has 1 aliphatic rings. The molecule has 0 unspecified atom stereocenters. The number of nitrogens with zero attached hydrogens (tertiary/aromatic N) is 3. The van der Waals surface area contributed by atoms with E-state index in [-0.39, 0.29) is 0 Å². The highest BCUT2D eigenvalue weighted by atomic mass is 79.9. The molecule has 2 aromatic rings. The van der Waals surface area contributed by atoms with Crippen LogP contribution in [0.1, 0.15) is 12.8 Å². The van der Waals surface area contributed by atoms with Crippen LogP contribution in [0.5, 0.6) is 0 Å².